The number of benzene rings is 1. The molecule has 4 nitrogen and oxygen atoms in total. The molecule has 0 spiro atoms. The second-order valence-corrected chi connectivity index (χ2v) is 4.14. The Balaban J connectivity index is 2.42. The summed E-state index contributed by atoms with van der Waals surface area (Å²) < 4.78 is 5.10. The number of aromatic nitrogens is 2. The summed E-state index contributed by atoms with van der Waals surface area (Å²) in [7, 11) is 3.44. The summed E-state index contributed by atoms with van der Waals surface area (Å²) in [5, 5.41) is 3.90. The smallest absolute Gasteiger partial charge is 0.216 e. The highest BCUT2D eigenvalue weighted by Crippen LogP contribution is 2.27. The fourth-order valence-corrected chi connectivity index (χ4v) is 2.04. The monoisotopic (exact) mass is 263 g/mol. The van der Waals surface area contributed by atoms with Crippen molar-refractivity contribution in [3.8, 4) is 5.88 Å². The normalized spacial score (nSPS) is 12.2. The Bertz CT molecular complexity index is 533. The summed E-state index contributed by atoms with van der Waals surface area (Å²) in [6, 6.07) is 9.39. The predicted molar refractivity (Wildman–Crippen MR) is 70.9 cm³/mol. The molecule has 94 valence electrons. The lowest BCUT2D eigenvalue weighted by atomic mass is 10.0. The summed E-state index contributed by atoms with van der Waals surface area (Å²) in [4.78, 5) is 8.26. The van der Waals surface area contributed by atoms with E-state index in [9.17, 15) is 0 Å². The molecule has 0 aliphatic rings. The van der Waals surface area contributed by atoms with E-state index in [0.717, 1.165) is 11.3 Å². The van der Waals surface area contributed by atoms with Crippen LogP contribution < -0.4 is 10.1 Å². The summed E-state index contributed by atoms with van der Waals surface area (Å²) in [6.07, 6.45) is 1.48. The van der Waals surface area contributed by atoms with E-state index in [0.29, 0.717) is 10.9 Å². The lowest BCUT2D eigenvalue weighted by molar-refractivity contribution is 0.395. The number of hydrogen-bond donors (Lipinski definition) is 1. The molecule has 0 saturated heterocycles. The third-order valence-corrected chi connectivity index (χ3v) is 3.02. The topological polar surface area (TPSA) is 47.0 Å². The van der Waals surface area contributed by atoms with Crippen molar-refractivity contribution in [1.29, 1.82) is 0 Å². The lowest BCUT2D eigenvalue weighted by Gasteiger charge is -2.17. The van der Waals surface area contributed by atoms with Crippen LogP contribution in [0.15, 0.2) is 36.7 Å². The second-order valence-electron chi connectivity index (χ2n) is 3.73. The molecule has 0 aliphatic heterocycles. The molecule has 0 aliphatic carbocycles. The molecular weight excluding hydrogens is 250 g/mol. The minimum atomic E-state index is -0.0874. The number of halogens is 1. The fourth-order valence-electron chi connectivity index (χ4n) is 1.79. The Labute approximate surface area is 111 Å². The van der Waals surface area contributed by atoms with Crippen LogP contribution in [-0.4, -0.2) is 24.1 Å². The average molecular weight is 264 g/mol. The maximum atomic E-state index is 6.21. The number of hydrogen-bond acceptors (Lipinski definition) is 4. The first-order valence-corrected chi connectivity index (χ1v) is 5.91. The van der Waals surface area contributed by atoms with Gasteiger partial charge in [-0.2, -0.15) is 0 Å². The first-order chi connectivity index (χ1) is 8.76. The number of ether oxygens (including phenoxy) is 1. The zero-order chi connectivity index (χ0) is 13.0. The highest BCUT2D eigenvalue weighted by Gasteiger charge is 2.16. The van der Waals surface area contributed by atoms with Gasteiger partial charge in [0.15, 0.2) is 0 Å². The van der Waals surface area contributed by atoms with Gasteiger partial charge in [0.05, 0.1) is 18.8 Å². The molecule has 1 heterocycles. The number of rotatable bonds is 4. The Morgan fingerprint density at radius 2 is 2.06 bits per heavy atom. The lowest BCUT2D eigenvalue weighted by Crippen LogP contribution is -2.19. The molecule has 0 amide bonds. The molecule has 1 aromatic carbocycles. The highest BCUT2D eigenvalue weighted by atomic mass is 35.5. The van der Waals surface area contributed by atoms with E-state index in [1.807, 2.05) is 31.3 Å². The Morgan fingerprint density at radius 1 is 1.28 bits per heavy atom. The SMILES string of the molecule is CNC(c1cc(OC)ncn1)c1ccccc1Cl. The van der Waals surface area contributed by atoms with Gasteiger partial charge in [-0.3, -0.25) is 0 Å². The molecule has 0 radical (unpaired) electrons. The molecule has 5 heteroatoms. The minimum Gasteiger partial charge on any atom is -0.481 e. The van der Waals surface area contributed by atoms with Gasteiger partial charge in [0, 0.05) is 11.1 Å². The van der Waals surface area contributed by atoms with Crippen molar-refractivity contribution in [3.63, 3.8) is 0 Å². The molecule has 0 bridgehead atoms. The van der Waals surface area contributed by atoms with Crippen molar-refractivity contribution in [2.75, 3.05) is 14.2 Å². The van der Waals surface area contributed by atoms with E-state index >= 15 is 0 Å². The van der Waals surface area contributed by atoms with Gasteiger partial charge < -0.3 is 10.1 Å². The summed E-state index contributed by atoms with van der Waals surface area (Å²) in [6.45, 7) is 0. The van der Waals surface area contributed by atoms with E-state index in [1.165, 1.54) is 6.33 Å². The van der Waals surface area contributed by atoms with Gasteiger partial charge in [0.1, 0.15) is 6.33 Å². The van der Waals surface area contributed by atoms with E-state index in [2.05, 4.69) is 15.3 Å². The number of methoxy groups -OCH3 is 1. The number of nitrogens with zero attached hydrogens (tertiary/aromatic N) is 2. The van der Waals surface area contributed by atoms with Crippen molar-refractivity contribution >= 4 is 11.6 Å². The van der Waals surface area contributed by atoms with Crippen LogP contribution in [-0.2, 0) is 0 Å². The molecule has 2 rings (SSSR count). The molecule has 1 aromatic heterocycles. The Kier molecular flexibility index (Phi) is 4.12. The van der Waals surface area contributed by atoms with Gasteiger partial charge in [0.25, 0.3) is 0 Å². The van der Waals surface area contributed by atoms with Crippen LogP contribution in [0.4, 0.5) is 0 Å². The van der Waals surface area contributed by atoms with Gasteiger partial charge in [0.2, 0.25) is 5.88 Å². The third-order valence-electron chi connectivity index (χ3n) is 2.67. The minimum absolute atomic E-state index is 0.0874. The fraction of sp³-hybridized carbons (Fsp3) is 0.231. The van der Waals surface area contributed by atoms with E-state index in [4.69, 9.17) is 16.3 Å². The second kappa shape index (κ2) is 5.80. The largest absolute Gasteiger partial charge is 0.481 e. The maximum Gasteiger partial charge on any atom is 0.216 e. The summed E-state index contributed by atoms with van der Waals surface area (Å²) >= 11 is 6.21. The van der Waals surface area contributed by atoms with E-state index in [-0.39, 0.29) is 6.04 Å². The van der Waals surface area contributed by atoms with Crippen molar-refractivity contribution in [3.05, 3.63) is 52.9 Å². The van der Waals surface area contributed by atoms with Crippen molar-refractivity contribution < 1.29 is 4.74 Å². The molecule has 1 N–H and O–H groups in total. The van der Waals surface area contributed by atoms with Gasteiger partial charge >= 0.3 is 0 Å². The average Bonchev–Trinajstić information content (AvgIpc) is 2.42. The van der Waals surface area contributed by atoms with Crippen LogP contribution in [0.3, 0.4) is 0 Å². The van der Waals surface area contributed by atoms with Crippen LogP contribution in [0.5, 0.6) is 5.88 Å². The van der Waals surface area contributed by atoms with Crippen molar-refractivity contribution in [2.45, 2.75) is 6.04 Å². The van der Waals surface area contributed by atoms with Crippen LogP contribution in [0.25, 0.3) is 0 Å². The van der Waals surface area contributed by atoms with Crippen molar-refractivity contribution in [2.24, 2.45) is 0 Å². The molecule has 1 atom stereocenters. The highest BCUT2D eigenvalue weighted by molar-refractivity contribution is 6.31. The molecule has 1 unspecified atom stereocenters. The third kappa shape index (κ3) is 2.60. The zero-order valence-corrected chi connectivity index (χ0v) is 11.0. The van der Waals surface area contributed by atoms with Crippen LogP contribution in [0.2, 0.25) is 5.02 Å². The molecule has 0 saturated carbocycles. The van der Waals surface area contributed by atoms with Crippen LogP contribution in [0.1, 0.15) is 17.3 Å². The molecule has 0 fully saturated rings. The molecule has 2 aromatic rings. The Hall–Kier alpha value is -1.65. The van der Waals surface area contributed by atoms with Gasteiger partial charge in [-0.05, 0) is 18.7 Å². The summed E-state index contributed by atoms with van der Waals surface area (Å²) in [5.74, 6) is 0.535. The van der Waals surface area contributed by atoms with Gasteiger partial charge in [-0.1, -0.05) is 29.8 Å². The molecule has 18 heavy (non-hydrogen) atoms. The maximum absolute atomic E-state index is 6.21. The zero-order valence-electron chi connectivity index (χ0n) is 10.2. The quantitative estimate of drug-likeness (QED) is 0.920. The Morgan fingerprint density at radius 3 is 2.72 bits per heavy atom. The van der Waals surface area contributed by atoms with Crippen LogP contribution >= 0.6 is 11.6 Å². The first-order valence-electron chi connectivity index (χ1n) is 5.54. The van der Waals surface area contributed by atoms with E-state index in [1.54, 1.807) is 13.2 Å². The first kappa shape index (κ1) is 12.8. The standard InChI is InChI=1S/C13H14ClN3O/c1-15-13(9-5-3-4-6-10(9)14)11-7-12(18-2)17-8-16-11/h3-8,13,15H,1-2H3. The summed E-state index contributed by atoms with van der Waals surface area (Å²) in [5.41, 5.74) is 1.79. The predicted octanol–water partition coefficient (Wildman–Crippen LogP) is 2.45. The van der Waals surface area contributed by atoms with Crippen molar-refractivity contribution in [1.82, 2.24) is 15.3 Å². The van der Waals surface area contributed by atoms with E-state index < -0.39 is 0 Å². The number of nitrogens with one attached hydrogen (secondary N) is 1. The van der Waals surface area contributed by atoms with Gasteiger partial charge in [-0.25, -0.2) is 9.97 Å². The molecular formula is C13H14ClN3O. The van der Waals surface area contributed by atoms with Gasteiger partial charge in [-0.15, -0.1) is 0 Å². The van der Waals surface area contributed by atoms with Crippen LogP contribution in [0, 0.1) is 0 Å².